The lowest BCUT2D eigenvalue weighted by atomic mass is 10.3. The number of nitrogens with zero attached hydrogens (tertiary/aromatic N) is 1. The maximum absolute atomic E-state index is 11.3. The van der Waals surface area contributed by atoms with Crippen molar-refractivity contribution in [2.45, 2.75) is 4.90 Å². The number of carbonyl (C=O) groups excluding carboxylic acids is 1. The molecule has 0 amide bonds. The monoisotopic (exact) mass is 228 g/mol. The molecule has 0 spiro atoms. The van der Waals surface area contributed by atoms with Crippen LogP contribution in [0.3, 0.4) is 0 Å². The van der Waals surface area contributed by atoms with Crippen molar-refractivity contribution >= 4 is 21.8 Å². The molecule has 0 atom stereocenters. The molecule has 1 aromatic carbocycles. The first kappa shape index (κ1) is 11.4. The second kappa shape index (κ2) is 4.22. The van der Waals surface area contributed by atoms with E-state index in [-0.39, 0.29) is 16.3 Å². The summed E-state index contributed by atoms with van der Waals surface area (Å²) in [6.45, 7) is 0. The van der Waals surface area contributed by atoms with Crippen molar-refractivity contribution in [3.63, 3.8) is 0 Å². The zero-order chi connectivity index (χ0) is 11.5. The quantitative estimate of drug-likeness (QED) is 0.573. The molecule has 1 aromatic rings. The molecule has 0 bridgehead atoms. The van der Waals surface area contributed by atoms with Crippen LogP contribution in [0.25, 0.3) is 0 Å². The predicted molar refractivity (Wildman–Crippen MR) is 52.1 cm³/mol. The van der Waals surface area contributed by atoms with Gasteiger partial charge in [-0.15, -0.1) is 0 Å². The van der Waals surface area contributed by atoms with E-state index < -0.39 is 10.0 Å². The summed E-state index contributed by atoms with van der Waals surface area (Å²) in [6, 6.07) is 3.41. The van der Waals surface area contributed by atoms with Crippen LogP contribution in [-0.2, 0) is 14.8 Å². The molecule has 2 N–H and O–H groups in total. The molecular weight excluding hydrogens is 220 g/mol. The second-order valence-corrected chi connectivity index (χ2v) is 4.45. The first-order valence-corrected chi connectivity index (χ1v) is 5.34. The van der Waals surface area contributed by atoms with Gasteiger partial charge in [-0.3, -0.25) is 0 Å². The summed E-state index contributed by atoms with van der Waals surface area (Å²) in [5.41, 5.74) is -0.138. The maximum atomic E-state index is 11.3. The normalized spacial score (nSPS) is 10.7. The molecule has 0 aromatic heterocycles. The van der Waals surface area contributed by atoms with Gasteiger partial charge in [0.05, 0.1) is 4.90 Å². The smallest absolute Gasteiger partial charge is 0.240 e. The molecule has 0 unspecified atom stereocenters. The fourth-order valence-electron chi connectivity index (χ4n) is 0.927. The van der Waals surface area contributed by atoms with Gasteiger partial charge in [-0.1, -0.05) is 0 Å². The minimum Gasteiger partial charge on any atom is -0.506 e. The van der Waals surface area contributed by atoms with E-state index in [1.807, 2.05) is 0 Å². The molecule has 0 aliphatic carbocycles. The topological polar surface area (TPSA) is 95.8 Å². The van der Waals surface area contributed by atoms with Gasteiger partial charge in [0.1, 0.15) is 11.4 Å². The van der Waals surface area contributed by atoms with E-state index in [1.165, 1.54) is 19.2 Å². The standard InChI is InChI=1S/C8H8N2O4S/c1-9-15(13,14)6-2-3-8(12)7(4-6)10-5-11/h2-4,9,12H,1H3. The largest absolute Gasteiger partial charge is 0.506 e. The molecule has 80 valence electrons. The number of phenols is 1. The average Bonchev–Trinajstić information content (AvgIpc) is 2.21. The number of aromatic hydroxyl groups is 1. The zero-order valence-electron chi connectivity index (χ0n) is 7.76. The third kappa shape index (κ3) is 2.41. The van der Waals surface area contributed by atoms with Gasteiger partial charge in [-0.25, -0.2) is 17.9 Å². The number of hydrogen-bond donors (Lipinski definition) is 2. The van der Waals surface area contributed by atoms with Gasteiger partial charge in [0.2, 0.25) is 16.1 Å². The molecule has 0 aliphatic heterocycles. The fourth-order valence-corrected chi connectivity index (χ4v) is 1.68. The number of benzene rings is 1. The summed E-state index contributed by atoms with van der Waals surface area (Å²) >= 11 is 0. The number of sulfonamides is 1. The van der Waals surface area contributed by atoms with Crippen molar-refractivity contribution in [3.8, 4) is 5.75 Å². The Labute approximate surface area is 86.3 Å². The Kier molecular flexibility index (Phi) is 3.21. The Morgan fingerprint density at radius 3 is 2.67 bits per heavy atom. The molecule has 0 fully saturated rings. The summed E-state index contributed by atoms with van der Waals surface area (Å²) in [6.07, 6.45) is 1.22. The van der Waals surface area contributed by atoms with Gasteiger partial charge in [0.25, 0.3) is 0 Å². The summed E-state index contributed by atoms with van der Waals surface area (Å²) in [4.78, 5) is 13.1. The zero-order valence-corrected chi connectivity index (χ0v) is 8.58. The van der Waals surface area contributed by atoms with Crippen LogP contribution in [0.4, 0.5) is 5.69 Å². The molecule has 0 heterocycles. The third-order valence-electron chi connectivity index (χ3n) is 1.69. The summed E-state index contributed by atoms with van der Waals surface area (Å²) in [7, 11) is -2.35. The number of phenolic OH excluding ortho intramolecular Hbond substituents is 1. The molecule has 0 radical (unpaired) electrons. The highest BCUT2D eigenvalue weighted by Crippen LogP contribution is 2.28. The Hall–Kier alpha value is -1.69. The third-order valence-corrected chi connectivity index (χ3v) is 3.10. The molecule has 1 rings (SSSR count). The second-order valence-electron chi connectivity index (χ2n) is 2.56. The van der Waals surface area contributed by atoms with Crippen molar-refractivity contribution in [1.29, 1.82) is 0 Å². The Morgan fingerprint density at radius 2 is 2.13 bits per heavy atom. The van der Waals surface area contributed by atoms with Crippen LogP contribution >= 0.6 is 0 Å². The lowest BCUT2D eigenvalue weighted by Crippen LogP contribution is -2.18. The Bertz CT molecular complexity index is 517. The lowest BCUT2D eigenvalue weighted by molar-refractivity contribution is 0.476. The number of aliphatic imine (C=N–C) groups is 1. The Morgan fingerprint density at radius 1 is 1.47 bits per heavy atom. The van der Waals surface area contributed by atoms with Gasteiger partial charge < -0.3 is 5.11 Å². The number of rotatable bonds is 3. The first-order valence-electron chi connectivity index (χ1n) is 3.85. The molecule has 0 aliphatic rings. The van der Waals surface area contributed by atoms with Crippen LogP contribution in [0.1, 0.15) is 0 Å². The van der Waals surface area contributed by atoms with Crippen LogP contribution in [-0.4, -0.2) is 26.7 Å². The van der Waals surface area contributed by atoms with E-state index in [0.717, 1.165) is 12.1 Å². The van der Waals surface area contributed by atoms with Crippen LogP contribution in [0, 0.1) is 0 Å². The van der Waals surface area contributed by atoms with Crippen LogP contribution < -0.4 is 4.72 Å². The van der Waals surface area contributed by atoms with Crippen molar-refractivity contribution < 1.29 is 18.3 Å². The summed E-state index contributed by atoms with van der Waals surface area (Å²) in [5.74, 6) is -0.284. The number of nitrogens with one attached hydrogen (secondary N) is 1. The highest BCUT2D eigenvalue weighted by atomic mass is 32.2. The Balaban J connectivity index is 3.37. The fraction of sp³-hybridized carbons (Fsp3) is 0.125. The van der Waals surface area contributed by atoms with Crippen LogP contribution in [0.15, 0.2) is 28.1 Å². The molecular formula is C8H8N2O4S. The summed E-state index contributed by atoms with van der Waals surface area (Å²) < 4.78 is 24.8. The lowest BCUT2D eigenvalue weighted by Gasteiger charge is -2.03. The highest BCUT2D eigenvalue weighted by Gasteiger charge is 2.13. The van der Waals surface area contributed by atoms with E-state index in [9.17, 15) is 18.3 Å². The minimum absolute atomic E-state index is 0.0863. The average molecular weight is 228 g/mol. The van der Waals surface area contributed by atoms with Gasteiger partial charge in [0.15, 0.2) is 0 Å². The molecule has 0 saturated carbocycles. The predicted octanol–water partition coefficient (Wildman–Crippen LogP) is 0.268. The van der Waals surface area contributed by atoms with Gasteiger partial charge in [-0.05, 0) is 25.2 Å². The van der Waals surface area contributed by atoms with E-state index in [4.69, 9.17) is 0 Å². The molecule has 15 heavy (non-hydrogen) atoms. The SMILES string of the molecule is CNS(=O)(=O)c1ccc(O)c(N=C=O)c1. The highest BCUT2D eigenvalue weighted by molar-refractivity contribution is 7.89. The van der Waals surface area contributed by atoms with Crippen LogP contribution in [0.5, 0.6) is 5.75 Å². The van der Waals surface area contributed by atoms with E-state index in [2.05, 4.69) is 9.71 Å². The van der Waals surface area contributed by atoms with E-state index in [1.54, 1.807) is 0 Å². The maximum Gasteiger partial charge on any atom is 0.240 e. The molecule has 0 saturated heterocycles. The number of hydrogen-bond acceptors (Lipinski definition) is 5. The first-order chi connectivity index (χ1) is 7.01. The minimum atomic E-state index is -3.61. The van der Waals surface area contributed by atoms with Crippen molar-refractivity contribution in [2.24, 2.45) is 4.99 Å². The van der Waals surface area contributed by atoms with Crippen molar-refractivity contribution in [1.82, 2.24) is 4.72 Å². The van der Waals surface area contributed by atoms with Crippen molar-refractivity contribution in [2.75, 3.05) is 7.05 Å². The van der Waals surface area contributed by atoms with Crippen molar-refractivity contribution in [3.05, 3.63) is 18.2 Å². The number of isocyanates is 1. The molecule has 7 heteroatoms. The summed E-state index contributed by atoms with van der Waals surface area (Å²) in [5, 5.41) is 9.22. The van der Waals surface area contributed by atoms with Crippen LogP contribution in [0.2, 0.25) is 0 Å². The van der Waals surface area contributed by atoms with Gasteiger partial charge in [-0.2, -0.15) is 4.99 Å². The van der Waals surface area contributed by atoms with Gasteiger partial charge >= 0.3 is 0 Å². The van der Waals surface area contributed by atoms with E-state index in [0.29, 0.717) is 0 Å². The molecule has 6 nitrogen and oxygen atoms in total. The van der Waals surface area contributed by atoms with Gasteiger partial charge in [0, 0.05) is 0 Å². The van der Waals surface area contributed by atoms with E-state index >= 15 is 0 Å².